The number of aliphatic imine (C=N–C) groups is 1. The van der Waals surface area contributed by atoms with E-state index in [-0.39, 0.29) is 18.3 Å². The number of ether oxygens (including phenoxy) is 1. The Bertz CT molecular complexity index is 1230. The van der Waals surface area contributed by atoms with Crippen LogP contribution in [0, 0.1) is 22.8 Å². The Morgan fingerprint density at radius 2 is 1.91 bits per heavy atom. The molecule has 4 rings (SSSR count). The number of nitriles is 2. The molecular weight excluding hydrogens is 449 g/mol. The normalized spacial score (nSPS) is 18.4. The SMILES string of the molecule is COc1ccccc1/C(=N\C#N)N1CCN2C(=O)N(c3ccc(C#N)c(C(F)(F)F)c3)C[C@@H]2C1. The van der Waals surface area contributed by atoms with E-state index in [0.29, 0.717) is 36.8 Å². The van der Waals surface area contributed by atoms with Crippen molar-refractivity contribution in [2.24, 2.45) is 4.99 Å². The fourth-order valence-electron chi connectivity index (χ4n) is 4.33. The van der Waals surface area contributed by atoms with Crippen molar-refractivity contribution < 1.29 is 22.7 Å². The van der Waals surface area contributed by atoms with E-state index in [9.17, 15) is 23.2 Å². The molecule has 0 bridgehead atoms. The minimum Gasteiger partial charge on any atom is -0.496 e. The second-order valence-electron chi connectivity index (χ2n) is 7.76. The topological polar surface area (TPSA) is 96.0 Å². The van der Waals surface area contributed by atoms with E-state index in [1.54, 1.807) is 35.2 Å². The van der Waals surface area contributed by atoms with Crippen molar-refractivity contribution in [3.05, 3.63) is 59.2 Å². The maximum Gasteiger partial charge on any atom is 0.417 e. The molecule has 2 aromatic rings. The number of halogens is 3. The summed E-state index contributed by atoms with van der Waals surface area (Å²) < 4.78 is 45.6. The van der Waals surface area contributed by atoms with Crippen molar-refractivity contribution in [3.63, 3.8) is 0 Å². The van der Waals surface area contributed by atoms with Gasteiger partial charge in [-0.15, -0.1) is 0 Å². The lowest BCUT2D eigenvalue weighted by atomic mass is 10.1. The van der Waals surface area contributed by atoms with Gasteiger partial charge in [-0.1, -0.05) is 12.1 Å². The molecule has 2 amide bonds. The Morgan fingerprint density at radius 3 is 2.59 bits per heavy atom. The van der Waals surface area contributed by atoms with Crippen molar-refractivity contribution in [2.45, 2.75) is 12.2 Å². The predicted octanol–water partition coefficient (Wildman–Crippen LogP) is 3.44. The monoisotopic (exact) mass is 468 g/mol. The second kappa shape index (κ2) is 8.94. The van der Waals surface area contributed by atoms with Gasteiger partial charge in [-0.2, -0.15) is 28.7 Å². The van der Waals surface area contributed by atoms with E-state index in [1.165, 1.54) is 18.1 Å². The van der Waals surface area contributed by atoms with Crippen molar-refractivity contribution >= 4 is 17.6 Å². The maximum absolute atomic E-state index is 13.4. The zero-order chi connectivity index (χ0) is 24.5. The number of anilines is 1. The molecule has 0 spiro atoms. The molecule has 174 valence electrons. The number of fused-ring (bicyclic) bond motifs is 1. The highest BCUT2D eigenvalue weighted by Crippen LogP contribution is 2.36. The average Bonchev–Trinajstić information content (AvgIpc) is 3.17. The molecule has 0 unspecified atom stereocenters. The van der Waals surface area contributed by atoms with Gasteiger partial charge < -0.3 is 14.5 Å². The summed E-state index contributed by atoms with van der Waals surface area (Å²) in [7, 11) is 1.51. The number of carbonyl (C=O) groups excluding carboxylic acids is 1. The minimum atomic E-state index is -4.72. The highest BCUT2D eigenvalue weighted by Gasteiger charge is 2.43. The fourth-order valence-corrected chi connectivity index (χ4v) is 4.33. The minimum absolute atomic E-state index is 0.0768. The maximum atomic E-state index is 13.4. The molecule has 34 heavy (non-hydrogen) atoms. The van der Waals surface area contributed by atoms with Crippen LogP contribution >= 0.6 is 0 Å². The molecule has 0 N–H and O–H groups in total. The molecule has 11 heteroatoms. The van der Waals surface area contributed by atoms with Crippen LogP contribution in [0.5, 0.6) is 5.75 Å². The number of carbonyl (C=O) groups is 1. The molecule has 2 heterocycles. The summed E-state index contributed by atoms with van der Waals surface area (Å²) in [6.45, 7) is 1.19. The second-order valence-corrected chi connectivity index (χ2v) is 7.76. The molecule has 8 nitrogen and oxygen atoms in total. The summed E-state index contributed by atoms with van der Waals surface area (Å²) in [5, 5.41) is 18.3. The van der Waals surface area contributed by atoms with Gasteiger partial charge in [0.05, 0.1) is 35.9 Å². The third-order valence-corrected chi connectivity index (χ3v) is 5.90. The largest absolute Gasteiger partial charge is 0.496 e. The van der Waals surface area contributed by atoms with E-state index in [0.717, 1.165) is 12.1 Å². The van der Waals surface area contributed by atoms with Crippen LogP contribution in [0.3, 0.4) is 0 Å². The zero-order valence-corrected chi connectivity index (χ0v) is 18.1. The van der Waals surface area contributed by atoms with Crippen LogP contribution in [0.1, 0.15) is 16.7 Å². The summed E-state index contributed by atoms with van der Waals surface area (Å²) in [6, 6.07) is 11.2. The van der Waals surface area contributed by atoms with E-state index in [2.05, 4.69) is 4.99 Å². The smallest absolute Gasteiger partial charge is 0.417 e. The summed E-state index contributed by atoms with van der Waals surface area (Å²) in [6.07, 6.45) is -2.90. The molecule has 0 aliphatic carbocycles. The summed E-state index contributed by atoms with van der Waals surface area (Å²) in [5.41, 5.74) is -0.872. The number of amidine groups is 1. The van der Waals surface area contributed by atoms with Gasteiger partial charge in [0.2, 0.25) is 6.19 Å². The van der Waals surface area contributed by atoms with Crippen LogP contribution in [0.4, 0.5) is 23.7 Å². The molecule has 2 fully saturated rings. The Hall–Kier alpha value is -4.25. The number of nitrogens with zero attached hydrogens (tertiary/aromatic N) is 6. The van der Waals surface area contributed by atoms with Crippen molar-refractivity contribution in [1.29, 1.82) is 10.5 Å². The first-order chi connectivity index (χ1) is 16.3. The summed E-state index contributed by atoms with van der Waals surface area (Å²) in [4.78, 5) is 21.8. The van der Waals surface area contributed by atoms with E-state index < -0.39 is 23.3 Å². The van der Waals surface area contributed by atoms with Gasteiger partial charge in [-0.05, 0) is 30.3 Å². The van der Waals surface area contributed by atoms with Gasteiger partial charge in [-0.25, -0.2) is 4.79 Å². The van der Waals surface area contributed by atoms with Crippen LogP contribution in [-0.4, -0.2) is 61.0 Å². The number of rotatable bonds is 3. The van der Waals surface area contributed by atoms with Crippen molar-refractivity contribution in [3.8, 4) is 18.0 Å². The van der Waals surface area contributed by atoms with Crippen LogP contribution in [0.2, 0.25) is 0 Å². The number of para-hydroxylation sites is 1. The van der Waals surface area contributed by atoms with E-state index >= 15 is 0 Å². The first-order valence-electron chi connectivity index (χ1n) is 10.3. The third kappa shape index (κ3) is 4.08. The predicted molar refractivity (Wildman–Crippen MR) is 116 cm³/mol. The summed E-state index contributed by atoms with van der Waals surface area (Å²) >= 11 is 0. The van der Waals surface area contributed by atoms with Crippen molar-refractivity contribution in [2.75, 3.05) is 38.2 Å². The van der Waals surface area contributed by atoms with Gasteiger partial charge in [-0.3, -0.25) is 4.90 Å². The average molecular weight is 468 g/mol. The molecular formula is C23H19F3N6O2. The van der Waals surface area contributed by atoms with Gasteiger partial charge >= 0.3 is 12.2 Å². The number of benzene rings is 2. The molecule has 2 aliphatic heterocycles. The lowest BCUT2D eigenvalue weighted by molar-refractivity contribution is -0.137. The number of piperazine rings is 1. The Labute approximate surface area is 193 Å². The Morgan fingerprint density at radius 1 is 1.15 bits per heavy atom. The lowest BCUT2D eigenvalue weighted by Gasteiger charge is -2.38. The van der Waals surface area contributed by atoms with Gasteiger partial charge in [0.15, 0.2) is 5.84 Å². The number of urea groups is 1. The standard InChI is InChI=1S/C23H19F3N6O2/c1-34-20-5-3-2-4-18(20)21(29-14-28)30-8-9-31-17(12-30)13-32(22(31)33)16-7-6-15(11-27)19(10-16)23(24,25)26/h2-7,10,17H,8-9,12-13H2,1H3/b29-21+/t17-/m0/s1. The summed E-state index contributed by atoms with van der Waals surface area (Å²) in [5.74, 6) is 0.948. The van der Waals surface area contributed by atoms with Crippen LogP contribution in [-0.2, 0) is 6.18 Å². The first-order valence-corrected chi connectivity index (χ1v) is 10.3. The lowest BCUT2D eigenvalue weighted by Crippen LogP contribution is -2.54. The molecule has 0 radical (unpaired) electrons. The number of alkyl halides is 3. The quantitative estimate of drug-likeness (QED) is 0.391. The fraction of sp³-hybridized carbons (Fsp3) is 0.304. The highest BCUT2D eigenvalue weighted by molar-refractivity contribution is 6.02. The molecule has 2 aromatic carbocycles. The van der Waals surface area contributed by atoms with E-state index in [1.807, 2.05) is 11.1 Å². The van der Waals surface area contributed by atoms with Crippen LogP contribution in [0.25, 0.3) is 0 Å². The van der Waals surface area contributed by atoms with E-state index in [4.69, 9.17) is 10.00 Å². The van der Waals surface area contributed by atoms with Gasteiger partial charge in [0.25, 0.3) is 0 Å². The number of hydrogen-bond donors (Lipinski definition) is 0. The first kappa shape index (κ1) is 22.9. The zero-order valence-electron chi connectivity index (χ0n) is 18.1. The number of methoxy groups -OCH3 is 1. The van der Waals surface area contributed by atoms with Gasteiger partial charge in [0, 0.05) is 31.9 Å². The van der Waals surface area contributed by atoms with Gasteiger partial charge in [0.1, 0.15) is 5.75 Å². The molecule has 0 saturated carbocycles. The molecule has 1 atom stereocenters. The van der Waals surface area contributed by atoms with Crippen molar-refractivity contribution in [1.82, 2.24) is 9.80 Å². The number of amides is 2. The molecule has 2 aliphatic rings. The Kier molecular flexibility index (Phi) is 6.03. The number of hydrogen-bond acceptors (Lipinski definition) is 5. The van der Waals surface area contributed by atoms with Crippen LogP contribution < -0.4 is 9.64 Å². The third-order valence-electron chi connectivity index (χ3n) is 5.90. The highest BCUT2D eigenvalue weighted by atomic mass is 19.4. The molecule has 0 aromatic heterocycles. The Balaban J connectivity index is 1.60. The molecule has 2 saturated heterocycles. The van der Waals surface area contributed by atoms with Crippen LogP contribution in [0.15, 0.2) is 47.5 Å².